The van der Waals surface area contributed by atoms with E-state index in [-0.39, 0.29) is 36.4 Å². The highest BCUT2D eigenvalue weighted by molar-refractivity contribution is 5.82. The first-order valence-corrected chi connectivity index (χ1v) is 9.94. The van der Waals surface area contributed by atoms with E-state index in [4.69, 9.17) is 19.0 Å². The maximum Gasteiger partial charge on any atom is 0.420 e. The molecule has 0 saturated heterocycles. The Hall–Kier alpha value is -3.33. The lowest BCUT2D eigenvalue weighted by molar-refractivity contribution is -0.151. The number of hydrogen-bond donors (Lipinski definition) is 1. The molecule has 0 spiro atoms. The fourth-order valence-electron chi connectivity index (χ4n) is 3.60. The summed E-state index contributed by atoms with van der Waals surface area (Å²) in [6.45, 7) is 0.349. The molecule has 0 atom stereocenters. The molecule has 2 aromatic carbocycles. The average Bonchev–Trinajstić information content (AvgIpc) is 2.71. The number of benzene rings is 2. The van der Waals surface area contributed by atoms with Gasteiger partial charge in [-0.1, -0.05) is 18.2 Å². The first kappa shape index (κ1) is 21.9. The van der Waals surface area contributed by atoms with E-state index in [0.717, 1.165) is 12.1 Å². The van der Waals surface area contributed by atoms with E-state index >= 15 is 0 Å². The average molecular weight is 448 g/mol. The van der Waals surface area contributed by atoms with Gasteiger partial charge >= 0.3 is 12.1 Å². The molecular weight excluding hydrogens is 429 g/mol. The zero-order valence-corrected chi connectivity index (χ0v) is 16.7. The molecule has 32 heavy (non-hydrogen) atoms. The van der Waals surface area contributed by atoms with Crippen molar-refractivity contribution in [2.75, 3.05) is 13.2 Å². The summed E-state index contributed by atoms with van der Waals surface area (Å²) >= 11 is 0. The molecule has 1 aromatic heterocycles. The predicted molar refractivity (Wildman–Crippen MR) is 109 cm³/mol. The lowest BCUT2D eigenvalue weighted by atomic mass is 9.82. The van der Waals surface area contributed by atoms with Crippen LogP contribution in [0.5, 0.6) is 5.75 Å². The highest BCUT2D eigenvalue weighted by atomic mass is 19.4. The number of carbonyl (C=O) groups is 1. The van der Waals surface area contributed by atoms with Gasteiger partial charge in [0.05, 0.1) is 35.1 Å². The molecule has 0 aliphatic heterocycles. The number of para-hydroxylation sites is 2. The third-order valence-electron chi connectivity index (χ3n) is 5.35. The summed E-state index contributed by atoms with van der Waals surface area (Å²) in [6.07, 6.45) is -3.90. The highest BCUT2D eigenvalue weighted by Gasteiger charge is 2.35. The minimum atomic E-state index is -4.68. The minimum Gasteiger partial charge on any atom is -0.490 e. The molecule has 0 radical (unpaired) electrons. The fraction of sp³-hybridized carbons (Fsp3) is 0.304. The van der Waals surface area contributed by atoms with Crippen molar-refractivity contribution in [2.24, 2.45) is 5.92 Å². The first-order valence-electron chi connectivity index (χ1n) is 9.94. The van der Waals surface area contributed by atoms with Gasteiger partial charge in [-0.25, -0.2) is 0 Å². The summed E-state index contributed by atoms with van der Waals surface area (Å²) in [4.78, 5) is 23.3. The van der Waals surface area contributed by atoms with Gasteiger partial charge in [-0.15, -0.1) is 0 Å². The Bertz CT molecular complexity index is 1190. The van der Waals surface area contributed by atoms with E-state index in [1.807, 2.05) is 0 Å². The van der Waals surface area contributed by atoms with Crippen LogP contribution >= 0.6 is 0 Å². The fourth-order valence-corrected chi connectivity index (χ4v) is 3.60. The van der Waals surface area contributed by atoms with Gasteiger partial charge in [0.1, 0.15) is 18.1 Å². The van der Waals surface area contributed by atoms with E-state index < -0.39 is 28.7 Å². The van der Waals surface area contributed by atoms with Gasteiger partial charge in [-0.3, -0.25) is 9.59 Å². The van der Waals surface area contributed by atoms with Crippen molar-refractivity contribution >= 4 is 16.9 Å². The Morgan fingerprint density at radius 3 is 2.56 bits per heavy atom. The maximum atomic E-state index is 13.4. The van der Waals surface area contributed by atoms with Gasteiger partial charge < -0.3 is 19.0 Å². The molecule has 4 rings (SSSR count). The lowest BCUT2D eigenvalue weighted by Crippen LogP contribution is -2.37. The van der Waals surface area contributed by atoms with E-state index in [2.05, 4.69) is 0 Å². The van der Waals surface area contributed by atoms with Gasteiger partial charge in [-0.2, -0.15) is 13.2 Å². The van der Waals surface area contributed by atoms with Crippen molar-refractivity contribution in [1.29, 1.82) is 0 Å². The number of carboxylic acid groups (broad SMARTS) is 1. The van der Waals surface area contributed by atoms with Crippen LogP contribution in [0.15, 0.2) is 57.7 Å². The highest BCUT2D eigenvalue weighted by Crippen LogP contribution is 2.37. The van der Waals surface area contributed by atoms with E-state index in [1.54, 1.807) is 24.3 Å². The number of rotatable bonds is 7. The van der Waals surface area contributed by atoms with Crippen molar-refractivity contribution < 1.29 is 37.0 Å². The van der Waals surface area contributed by atoms with Crippen LogP contribution in [0.1, 0.15) is 18.4 Å². The summed E-state index contributed by atoms with van der Waals surface area (Å²) in [6, 6.07) is 11.0. The molecule has 3 aromatic rings. The largest absolute Gasteiger partial charge is 0.490 e. The second kappa shape index (κ2) is 8.66. The third kappa shape index (κ3) is 4.47. The van der Waals surface area contributed by atoms with Gasteiger partial charge in [-0.05, 0) is 37.1 Å². The number of alkyl halides is 3. The Balaban J connectivity index is 1.53. The van der Waals surface area contributed by atoms with Gasteiger partial charge in [0.15, 0.2) is 11.0 Å². The number of ether oxygens (including phenoxy) is 2. The Morgan fingerprint density at radius 1 is 1.09 bits per heavy atom. The molecule has 0 unspecified atom stereocenters. The van der Waals surface area contributed by atoms with E-state index in [0.29, 0.717) is 24.2 Å². The van der Waals surface area contributed by atoms with Gasteiger partial charge in [0.25, 0.3) is 0 Å². The lowest BCUT2D eigenvalue weighted by Gasteiger charge is -2.32. The summed E-state index contributed by atoms with van der Waals surface area (Å²) < 4.78 is 57.0. The SMILES string of the molecule is O=c1cc(-c2ccccc2OCCO[C@H]2C[C@H](C(=O)O)C2)oc2c(C(F)(F)F)cccc12. The van der Waals surface area contributed by atoms with Crippen molar-refractivity contribution in [1.82, 2.24) is 0 Å². The molecule has 6 nitrogen and oxygen atoms in total. The molecule has 1 saturated carbocycles. The van der Waals surface area contributed by atoms with Gasteiger partial charge in [0.2, 0.25) is 0 Å². The van der Waals surface area contributed by atoms with Crippen molar-refractivity contribution in [3.63, 3.8) is 0 Å². The third-order valence-corrected chi connectivity index (χ3v) is 5.35. The van der Waals surface area contributed by atoms with E-state index in [1.165, 1.54) is 12.1 Å². The van der Waals surface area contributed by atoms with Crippen LogP contribution in [0.2, 0.25) is 0 Å². The van der Waals surface area contributed by atoms with Crippen molar-refractivity contribution in [3.05, 3.63) is 64.3 Å². The van der Waals surface area contributed by atoms with Gasteiger partial charge in [0, 0.05) is 6.07 Å². The van der Waals surface area contributed by atoms with Crippen LogP contribution in [0.3, 0.4) is 0 Å². The number of fused-ring (bicyclic) bond motifs is 1. The molecule has 0 bridgehead atoms. The van der Waals surface area contributed by atoms with Crippen LogP contribution in [0, 0.1) is 5.92 Å². The maximum absolute atomic E-state index is 13.4. The number of hydrogen-bond acceptors (Lipinski definition) is 5. The zero-order valence-electron chi connectivity index (χ0n) is 16.7. The molecule has 9 heteroatoms. The molecule has 0 amide bonds. The van der Waals surface area contributed by atoms with Crippen molar-refractivity contribution in [2.45, 2.75) is 25.1 Å². The van der Waals surface area contributed by atoms with Crippen molar-refractivity contribution in [3.8, 4) is 17.1 Å². The minimum absolute atomic E-state index is 0.0426. The second-order valence-electron chi connectivity index (χ2n) is 7.50. The summed E-state index contributed by atoms with van der Waals surface area (Å²) in [7, 11) is 0. The topological polar surface area (TPSA) is 86.0 Å². The molecular formula is C23H19F3O6. The van der Waals surface area contributed by atoms with Crippen LogP contribution in [0.25, 0.3) is 22.3 Å². The quantitative estimate of drug-likeness (QED) is 0.526. The molecule has 1 fully saturated rings. The first-order chi connectivity index (χ1) is 15.2. The monoisotopic (exact) mass is 448 g/mol. The van der Waals surface area contributed by atoms with Crippen LogP contribution in [0.4, 0.5) is 13.2 Å². The summed E-state index contributed by atoms with van der Waals surface area (Å²) in [5, 5.41) is 8.73. The number of carboxylic acids is 1. The van der Waals surface area contributed by atoms with Crippen LogP contribution in [-0.2, 0) is 15.7 Å². The van der Waals surface area contributed by atoms with E-state index in [9.17, 15) is 22.8 Å². The number of aliphatic carboxylic acids is 1. The zero-order chi connectivity index (χ0) is 22.9. The standard InChI is InChI=1S/C23H19F3O6/c24-23(25,26)17-6-3-5-15-18(27)12-20(32-21(15)17)16-4-1-2-7-19(16)31-9-8-30-14-10-13(11-14)22(28)29/h1-7,12-14H,8-11H2,(H,28,29)/t13-,14-. The Kier molecular flexibility index (Phi) is 5.92. The second-order valence-corrected chi connectivity index (χ2v) is 7.50. The molecule has 168 valence electrons. The summed E-state index contributed by atoms with van der Waals surface area (Å²) in [5.74, 6) is -0.932. The predicted octanol–water partition coefficient (Wildman–Crippen LogP) is 4.74. The molecule has 1 aliphatic carbocycles. The summed E-state index contributed by atoms with van der Waals surface area (Å²) in [5.41, 5.74) is -1.82. The molecule has 1 N–H and O–H groups in total. The Morgan fingerprint density at radius 2 is 1.84 bits per heavy atom. The van der Waals surface area contributed by atoms with Crippen LogP contribution < -0.4 is 10.2 Å². The molecule has 1 heterocycles. The molecule has 1 aliphatic rings. The Labute approximate surface area is 180 Å². The smallest absolute Gasteiger partial charge is 0.420 e. The normalized spacial score (nSPS) is 18.3. The number of halogens is 3. The van der Waals surface area contributed by atoms with Crippen LogP contribution in [-0.4, -0.2) is 30.4 Å².